The van der Waals surface area contributed by atoms with Crippen molar-refractivity contribution in [2.24, 2.45) is 5.41 Å². The maximum absolute atomic E-state index is 3.57. The highest BCUT2D eigenvalue weighted by Gasteiger charge is 2.30. The molecule has 1 heteroatoms. The normalized spacial score (nSPS) is 21.5. The molecule has 0 aromatic heterocycles. The predicted octanol–water partition coefficient (Wildman–Crippen LogP) is 2.96. The molecule has 0 atom stereocenters. The second-order valence-corrected chi connectivity index (χ2v) is 4.24. The van der Waals surface area contributed by atoms with Crippen LogP contribution in [0.25, 0.3) is 0 Å². The fourth-order valence-corrected chi connectivity index (χ4v) is 2.31. The Morgan fingerprint density at radius 3 is 2.33 bits per heavy atom. The zero-order valence-corrected chi connectivity index (χ0v) is 8.66. The van der Waals surface area contributed by atoms with Gasteiger partial charge in [0.2, 0.25) is 0 Å². The number of nitrogens with one attached hydrogen (secondary N) is 1. The van der Waals surface area contributed by atoms with E-state index in [2.05, 4.69) is 19.2 Å². The van der Waals surface area contributed by atoms with Crippen molar-refractivity contribution in [3.8, 4) is 0 Å². The van der Waals surface area contributed by atoms with Gasteiger partial charge in [-0.2, -0.15) is 0 Å². The molecular formula is C11H23N. The zero-order chi connectivity index (χ0) is 8.86. The lowest BCUT2D eigenvalue weighted by Crippen LogP contribution is -2.31. The van der Waals surface area contributed by atoms with Crippen LogP contribution in [0.5, 0.6) is 0 Å². The van der Waals surface area contributed by atoms with Crippen LogP contribution in [0.15, 0.2) is 0 Å². The van der Waals surface area contributed by atoms with E-state index in [9.17, 15) is 0 Å². The van der Waals surface area contributed by atoms with Crippen LogP contribution in [0.4, 0.5) is 0 Å². The Balaban J connectivity index is 2.24. The van der Waals surface area contributed by atoms with Gasteiger partial charge in [-0.3, -0.25) is 0 Å². The second-order valence-electron chi connectivity index (χ2n) is 4.24. The monoisotopic (exact) mass is 169 g/mol. The molecule has 0 aliphatic heterocycles. The SMILES string of the molecule is CCCNCC1(CC)CCCC1. The van der Waals surface area contributed by atoms with Gasteiger partial charge >= 0.3 is 0 Å². The quantitative estimate of drug-likeness (QED) is 0.624. The van der Waals surface area contributed by atoms with Gasteiger partial charge in [0.25, 0.3) is 0 Å². The highest BCUT2D eigenvalue weighted by atomic mass is 14.9. The lowest BCUT2D eigenvalue weighted by molar-refractivity contribution is 0.269. The van der Waals surface area contributed by atoms with Gasteiger partial charge in [-0.25, -0.2) is 0 Å². The molecule has 0 aromatic carbocycles. The minimum atomic E-state index is 0.676. The second kappa shape index (κ2) is 4.86. The number of hydrogen-bond acceptors (Lipinski definition) is 1. The summed E-state index contributed by atoms with van der Waals surface area (Å²) in [5.41, 5.74) is 0.676. The van der Waals surface area contributed by atoms with Crippen LogP contribution in [0.3, 0.4) is 0 Å². The third-order valence-corrected chi connectivity index (χ3v) is 3.34. The van der Waals surface area contributed by atoms with Crippen molar-refractivity contribution in [2.75, 3.05) is 13.1 Å². The Kier molecular flexibility index (Phi) is 4.07. The van der Waals surface area contributed by atoms with E-state index in [0.29, 0.717) is 5.41 Å². The first kappa shape index (κ1) is 10.0. The van der Waals surface area contributed by atoms with Crippen LogP contribution < -0.4 is 5.32 Å². The average molecular weight is 169 g/mol. The molecule has 0 amide bonds. The summed E-state index contributed by atoms with van der Waals surface area (Å²) < 4.78 is 0. The first-order valence-corrected chi connectivity index (χ1v) is 5.54. The van der Waals surface area contributed by atoms with E-state index in [4.69, 9.17) is 0 Å². The van der Waals surface area contributed by atoms with Crippen molar-refractivity contribution in [3.63, 3.8) is 0 Å². The Morgan fingerprint density at radius 2 is 1.83 bits per heavy atom. The van der Waals surface area contributed by atoms with Crippen LogP contribution >= 0.6 is 0 Å². The smallest absolute Gasteiger partial charge is 0.000770 e. The van der Waals surface area contributed by atoms with E-state index in [-0.39, 0.29) is 0 Å². The fraction of sp³-hybridized carbons (Fsp3) is 1.00. The molecular weight excluding hydrogens is 146 g/mol. The molecule has 0 bridgehead atoms. The summed E-state index contributed by atoms with van der Waals surface area (Å²) in [6.45, 7) is 7.04. The molecule has 0 radical (unpaired) electrons. The minimum absolute atomic E-state index is 0.676. The molecule has 1 aliphatic rings. The summed E-state index contributed by atoms with van der Waals surface area (Å²) in [6.07, 6.45) is 8.47. The predicted molar refractivity (Wildman–Crippen MR) is 54.4 cm³/mol. The van der Waals surface area contributed by atoms with Gasteiger partial charge < -0.3 is 5.32 Å². The molecule has 1 saturated carbocycles. The van der Waals surface area contributed by atoms with Crippen molar-refractivity contribution in [1.29, 1.82) is 0 Å². The van der Waals surface area contributed by atoms with Gasteiger partial charge in [0, 0.05) is 6.54 Å². The van der Waals surface area contributed by atoms with Gasteiger partial charge in [0.1, 0.15) is 0 Å². The summed E-state index contributed by atoms with van der Waals surface area (Å²) in [4.78, 5) is 0. The molecule has 12 heavy (non-hydrogen) atoms. The summed E-state index contributed by atoms with van der Waals surface area (Å²) in [5.74, 6) is 0. The molecule has 0 unspecified atom stereocenters. The van der Waals surface area contributed by atoms with E-state index >= 15 is 0 Å². The van der Waals surface area contributed by atoms with Gasteiger partial charge in [0.05, 0.1) is 0 Å². The Labute approximate surface area is 76.9 Å². The third-order valence-electron chi connectivity index (χ3n) is 3.34. The third kappa shape index (κ3) is 2.48. The van der Waals surface area contributed by atoms with Crippen LogP contribution in [0.2, 0.25) is 0 Å². The molecule has 1 aliphatic carbocycles. The zero-order valence-electron chi connectivity index (χ0n) is 8.66. The minimum Gasteiger partial charge on any atom is -0.316 e. The van der Waals surface area contributed by atoms with Gasteiger partial charge in [0.15, 0.2) is 0 Å². The van der Waals surface area contributed by atoms with Crippen LogP contribution in [-0.2, 0) is 0 Å². The highest BCUT2D eigenvalue weighted by molar-refractivity contribution is 4.85. The van der Waals surface area contributed by atoms with Crippen molar-refractivity contribution in [1.82, 2.24) is 5.32 Å². The molecule has 0 saturated heterocycles. The van der Waals surface area contributed by atoms with Crippen LogP contribution in [0, 0.1) is 5.41 Å². The Bertz CT molecular complexity index is 114. The lowest BCUT2D eigenvalue weighted by atomic mass is 9.83. The average Bonchev–Trinajstić information content (AvgIpc) is 2.55. The highest BCUT2D eigenvalue weighted by Crippen LogP contribution is 2.40. The molecule has 1 rings (SSSR count). The first-order valence-electron chi connectivity index (χ1n) is 5.54. The largest absolute Gasteiger partial charge is 0.316 e. The van der Waals surface area contributed by atoms with Gasteiger partial charge in [-0.05, 0) is 37.6 Å². The molecule has 0 spiro atoms. The van der Waals surface area contributed by atoms with E-state index in [1.54, 1.807) is 0 Å². The van der Waals surface area contributed by atoms with Gasteiger partial charge in [-0.15, -0.1) is 0 Å². The standard InChI is InChI=1S/C11H23N/c1-3-9-12-10-11(4-2)7-5-6-8-11/h12H,3-10H2,1-2H3. The Morgan fingerprint density at radius 1 is 1.17 bits per heavy atom. The summed E-state index contributed by atoms with van der Waals surface area (Å²) in [7, 11) is 0. The van der Waals surface area contributed by atoms with E-state index < -0.39 is 0 Å². The summed E-state index contributed by atoms with van der Waals surface area (Å²) >= 11 is 0. The molecule has 1 fully saturated rings. The number of hydrogen-bond donors (Lipinski definition) is 1. The number of rotatable bonds is 5. The molecule has 0 aromatic rings. The molecule has 1 N–H and O–H groups in total. The lowest BCUT2D eigenvalue weighted by Gasteiger charge is -2.27. The van der Waals surface area contributed by atoms with E-state index in [1.807, 2.05) is 0 Å². The summed E-state index contributed by atoms with van der Waals surface area (Å²) in [5, 5.41) is 3.57. The van der Waals surface area contributed by atoms with Crippen LogP contribution in [-0.4, -0.2) is 13.1 Å². The van der Waals surface area contributed by atoms with Crippen molar-refractivity contribution in [3.05, 3.63) is 0 Å². The molecule has 72 valence electrons. The van der Waals surface area contributed by atoms with Crippen molar-refractivity contribution < 1.29 is 0 Å². The maximum atomic E-state index is 3.57. The topological polar surface area (TPSA) is 12.0 Å². The molecule has 1 nitrogen and oxygen atoms in total. The summed E-state index contributed by atoms with van der Waals surface area (Å²) in [6, 6.07) is 0. The van der Waals surface area contributed by atoms with E-state index in [0.717, 1.165) is 0 Å². The first-order chi connectivity index (χ1) is 5.83. The van der Waals surface area contributed by atoms with Gasteiger partial charge in [-0.1, -0.05) is 26.7 Å². The van der Waals surface area contributed by atoms with Crippen molar-refractivity contribution in [2.45, 2.75) is 52.4 Å². The van der Waals surface area contributed by atoms with E-state index in [1.165, 1.54) is 51.6 Å². The Hall–Kier alpha value is -0.0400. The molecule has 0 heterocycles. The fourth-order valence-electron chi connectivity index (χ4n) is 2.31. The van der Waals surface area contributed by atoms with Crippen LogP contribution in [0.1, 0.15) is 52.4 Å². The maximum Gasteiger partial charge on any atom is 0.000770 e. The van der Waals surface area contributed by atoms with Crippen molar-refractivity contribution >= 4 is 0 Å².